The minimum Gasteiger partial charge on any atom is -0.485 e. The highest BCUT2D eigenvalue weighted by molar-refractivity contribution is 5.31. The van der Waals surface area contributed by atoms with Crippen LogP contribution in [0.3, 0.4) is 0 Å². The molecule has 5 nitrogen and oxygen atoms in total. The molecule has 0 atom stereocenters. The van der Waals surface area contributed by atoms with Crippen molar-refractivity contribution in [3.05, 3.63) is 29.3 Å². The highest BCUT2D eigenvalue weighted by Gasteiger charge is 2.12. The number of halogens is 2. The second-order valence-corrected chi connectivity index (χ2v) is 4.16. The van der Waals surface area contributed by atoms with Crippen LogP contribution in [0.25, 0.3) is 0 Å². The third kappa shape index (κ3) is 6.81. The van der Waals surface area contributed by atoms with Crippen molar-refractivity contribution < 1.29 is 27.7 Å². The summed E-state index contributed by atoms with van der Waals surface area (Å²) in [5.41, 5.74) is 5.70. The molecule has 1 aromatic rings. The Kier molecular flexibility index (Phi) is 8.84. The molecule has 0 aliphatic rings. The van der Waals surface area contributed by atoms with E-state index >= 15 is 0 Å². The Morgan fingerprint density at radius 3 is 1.95 bits per heavy atom. The van der Waals surface area contributed by atoms with Gasteiger partial charge in [-0.15, -0.1) is 0 Å². The molecule has 0 aromatic heterocycles. The van der Waals surface area contributed by atoms with Crippen LogP contribution in [0.1, 0.15) is 5.56 Å². The summed E-state index contributed by atoms with van der Waals surface area (Å²) in [6.45, 7) is 2.17. The predicted molar refractivity (Wildman–Crippen MR) is 73.3 cm³/mol. The largest absolute Gasteiger partial charge is 0.485 e. The molecule has 0 unspecified atom stereocenters. The van der Waals surface area contributed by atoms with E-state index in [1.807, 2.05) is 0 Å². The summed E-state index contributed by atoms with van der Waals surface area (Å²) in [5, 5.41) is 0. The quantitative estimate of drug-likeness (QED) is 0.628. The van der Waals surface area contributed by atoms with Crippen molar-refractivity contribution in [1.82, 2.24) is 0 Å². The lowest BCUT2D eigenvalue weighted by atomic mass is 10.2. The fraction of sp³-hybridized carbons (Fsp3) is 0.571. The lowest BCUT2D eigenvalue weighted by Gasteiger charge is -2.10. The molecule has 0 amide bonds. The third-order valence-corrected chi connectivity index (χ3v) is 2.57. The van der Waals surface area contributed by atoms with E-state index < -0.39 is 17.4 Å². The van der Waals surface area contributed by atoms with Gasteiger partial charge < -0.3 is 24.7 Å². The Bertz CT molecular complexity index is 395. The predicted octanol–water partition coefficient (Wildman–Crippen LogP) is 1.48. The molecule has 2 N–H and O–H groups in total. The molecule has 0 fully saturated rings. The number of nitrogens with two attached hydrogens (primary N) is 1. The van der Waals surface area contributed by atoms with Crippen molar-refractivity contribution in [2.45, 2.75) is 6.54 Å². The molecule has 0 saturated heterocycles. The topological polar surface area (TPSA) is 62.9 Å². The molecule has 0 radical (unpaired) electrons. The normalized spacial score (nSPS) is 10.9. The molecule has 120 valence electrons. The first-order chi connectivity index (χ1) is 10.2. The van der Waals surface area contributed by atoms with Gasteiger partial charge in [-0.1, -0.05) is 0 Å². The van der Waals surface area contributed by atoms with Gasteiger partial charge in [-0.25, -0.2) is 8.78 Å². The van der Waals surface area contributed by atoms with E-state index in [1.165, 1.54) is 0 Å². The summed E-state index contributed by atoms with van der Waals surface area (Å²) in [4.78, 5) is 0. The average molecular weight is 305 g/mol. The Morgan fingerprint density at radius 2 is 1.43 bits per heavy atom. The zero-order valence-electron chi connectivity index (χ0n) is 12.1. The number of methoxy groups -OCH3 is 1. The van der Waals surface area contributed by atoms with E-state index in [-0.39, 0.29) is 19.8 Å². The summed E-state index contributed by atoms with van der Waals surface area (Å²) in [6.07, 6.45) is 0. The van der Waals surface area contributed by atoms with Crippen molar-refractivity contribution >= 4 is 0 Å². The van der Waals surface area contributed by atoms with E-state index in [9.17, 15) is 8.78 Å². The summed E-state index contributed by atoms with van der Waals surface area (Å²) < 4.78 is 47.3. The molecule has 7 heteroatoms. The summed E-state index contributed by atoms with van der Waals surface area (Å²) >= 11 is 0. The third-order valence-electron chi connectivity index (χ3n) is 2.57. The first-order valence-corrected chi connectivity index (χ1v) is 6.64. The second-order valence-electron chi connectivity index (χ2n) is 4.16. The maximum Gasteiger partial charge on any atom is 0.190 e. The molecule has 1 rings (SSSR count). The van der Waals surface area contributed by atoms with Gasteiger partial charge in [0.1, 0.15) is 6.61 Å². The van der Waals surface area contributed by atoms with Crippen LogP contribution >= 0.6 is 0 Å². The van der Waals surface area contributed by atoms with Gasteiger partial charge in [0, 0.05) is 13.7 Å². The molecular weight excluding hydrogens is 284 g/mol. The molecule has 1 aromatic carbocycles. The number of ether oxygens (including phenoxy) is 4. The maximum absolute atomic E-state index is 13.6. The minimum absolute atomic E-state index is 0.0495. The van der Waals surface area contributed by atoms with Crippen LogP contribution in [-0.2, 0) is 20.8 Å². The highest BCUT2D eigenvalue weighted by atomic mass is 19.1. The van der Waals surface area contributed by atoms with Gasteiger partial charge in [-0.2, -0.15) is 0 Å². The van der Waals surface area contributed by atoms with Gasteiger partial charge in [0.2, 0.25) is 0 Å². The maximum atomic E-state index is 13.6. The molecule has 0 heterocycles. The van der Waals surface area contributed by atoms with Crippen LogP contribution in [-0.4, -0.2) is 46.8 Å². The van der Waals surface area contributed by atoms with Crippen LogP contribution in [0.2, 0.25) is 0 Å². The van der Waals surface area contributed by atoms with Gasteiger partial charge in [0.15, 0.2) is 17.4 Å². The van der Waals surface area contributed by atoms with Gasteiger partial charge in [-0.05, 0) is 17.7 Å². The molecule has 0 aliphatic carbocycles. The first kappa shape index (κ1) is 17.8. The smallest absolute Gasteiger partial charge is 0.190 e. The van der Waals surface area contributed by atoms with Gasteiger partial charge in [0.05, 0.1) is 33.0 Å². The van der Waals surface area contributed by atoms with Crippen LogP contribution < -0.4 is 10.5 Å². The summed E-state index contributed by atoms with van der Waals surface area (Å²) in [5.74, 6) is -1.94. The zero-order valence-corrected chi connectivity index (χ0v) is 12.1. The van der Waals surface area contributed by atoms with E-state index in [1.54, 1.807) is 7.11 Å². The Morgan fingerprint density at radius 1 is 0.905 bits per heavy atom. The number of hydrogen-bond acceptors (Lipinski definition) is 5. The highest BCUT2D eigenvalue weighted by Crippen LogP contribution is 2.23. The molecule has 0 bridgehead atoms. The van der Waals surface area contributed by atoms with Crippen molar-refractivity contribution in [1.29, 1.82) is 0 Å². The van der Waals surface area contributed by atoms with Crippen LogP contribution in [0, 0.1) is 11.6 Å². The van der Waals surface area contributed by atoms with Crippen molar-refractivity contribution in [2.24, 2.45) is 5.73 Å². The monoisotopic (exact) mass is 305 g/mol. The molecule has 0 saturated carbocycles. The van der Waals surface area contributed by atoms with E-state index in [2.05, 4.69) is 0 Å². The van der Waals surface area contributed by atoms with Gasteiger partial charge in [-0.3, -0.25) is 0 Å². The van der Waals surface area contributed by atoms with Crippen molar-refractivity contribution in [3.63, 3.8) is 0 Å². The van der Waals surface area contributed by atoms with Crippen molar-refractivity contribution in [2.75, 3.05) is 46.8 Å². The lowest BCUT2D eigenvalue weighted by molar-refractivity contribution is 0.0174. The molecule has 0 aliphatic heterocycles. The molecule has 0 spiro atoms. The van der Waals surface area contributed by atoms with E-state index in [0.717, 1.165) is 12.1 Å². The van der Waals surface area contributed by atoms with Crippen LogP contribution in [0.4, 0.5) is 8.78 Å². The zero-order chi connectivity index (χ0) is 15.5. The van der Waals surface area contributed by atoms with Gasteiger partial charge >= 0.3 is 0 Å². The van der Waals surface area contributed by atoms with E-state index in [4.69, 9.17) is 24.7 Å². The molecule has 21 heavy (non-hydrogen) atoms. The average Bonchev–Trinajstić information content (AvgIpc) is 2.47. The number of rotatable bonds is 11. The van der Waals surface area contributed by atoms with E-state index in [0.29, 0.717) is 32.0 Å². The summed E-state index contributed by atoms with van der Waals surface area (Å²) in [6, 6.07) is 2.31. The Labute approximate surface area is 122 Å². The van der Waals surface area contributed by atoms with Crippen molar-refractivity contribution in [3.8, 4) is 5.75 Å². The second kappa shape index (κ2) is 10.4. The fourth-order valence-corrected chi connectivity index (χ4v) is 1.54. The lowest BCUT2D eigenvalue weighted by Crippen LogP contribution is -2.13. The fourth-order valence-electron chi connectivity index (χ4n) is 1.54. The number of benzene rings is 1. The standard InChI is InChI=1S/C14H21F2NO4/c1-18-2-3-19-4-5-20-6-7-21-14-12(15)8-11(10-17)9-13(14)16/h8-9H,2-7,10,17H2,1H3. The van der Waals surface area contributed by atoms with Gasteiger partial charge in [0.25, 0.3) is 0 Å². The minimum atomic E-state index is -0.765. The van der Waals surface area contributed by atoms with Crippen LogP contribution in [0.15, 0.2) is 12.1 Å². The first-order valence-electron chi connectivity index (χ1n) is 6.64. The number of hydrogen-bond donors (Lipinski definition) is 1. The Balaban J connectivity index is 2.18. The van der Waals surface area contributed by atoms with Crippen LogP contribution in [0.5, 0.6) is 5.75 Å². The summed E-state index contributed by atoms with van der Waals surface area (Å²) in [7, 11) is 1.59. The Hall–Kier alpha value is -1.28. The SMILES string of the molecule is COCCOCCOCCOc1c(F)cc(CN)cc1F. The molecular formula is C14H21F2NO4.